The van der Waals surface area contributed by atoms with Crippen molar-refractivity contribution in [1.82, 2.24) is 0 Å². The van der Waals surface area contributed by atoms with Gasteiger partial charge in [0.1, 0.15) is 0 Å². The molecule has 0 aromatic heterocycles. The topological polar surface area (TPSA) is 12.5 Å². The molecule has 0 amide bonds. The molecule has 0 bridgehead atoms. The molecule has 1 saturated carbocycles. The summed E-state index contributed by atoms with van der Waals surface area (Å²) in [6.45, 7) is 6.38. The summed E-state index contributed by atoms with van der Waals surface area (Å²) in [7, 11) is 0. The second kappa shape index (κ2) is 4.34. The number of para-hydroxylation sites is 1. The van der Waals surface area contributed by atoms with Crippen LogP contribution in [-0.2, 0) is 4.74 Å². The lowest BCUT2D eigenvalue weighted by molar-refractivity contribution is -0.00526. The van der Waals surface area contributed by atoms with Crippen molar-refractivity contribution < 1.29 is 4.74 Å². The number of benzene rings is 1. The molecular weight excluding hydrogens is 210 g/mol. The average molecular weight is 231 g/mol. The Labute approximate surface area is 104 Å². The van der Waals surface area contributed by atoms with Gasteiger partial charge in [-0.05, 0) is 44.2 Å². The molecule has 2 aliphatic rings. The van der Waals surface area contributed by atoms with Crippen LogP contribution in [0, 0.1) is 0 Å². The van der Waals surface area contributed by atoms with Crippen molar-refractivity contribution in [2.24, 2.45) is 0 Å². The van der Waals surface area contributed by atoms with Crippen LogP contribution in [0.15, 0.2) is 24.3 Å². The highest BCUT2D eigenvalue weighted by atomic mass is 16.5. The fourth-order valence-corrected chi connectivity index (χ4v) is 2.89. The summed E-state index contributed by atoms with van der Waals surface area (Å²) in [6, 6.07) is 8.91. The Hall–Kier alpha value is -1.02. The third kappa shape index (κ3) is 2.32. The van der Waals surface area contributed by atoms with Gasteiger partial charge < -0.3 is 9.64 Å². The zero-order valence-corrected chi connectivity index (χ0v) is 10.7. The van der Waals surface area contributed by atoms with E-state index in [1.807, 2.05) is 0 Å². The zero-order chi connectivity index (χ0) is 11.8. The van der Waals surface area contributed by atoms with E-state index in [1.54, 1.807) is 5.56 Å². The van der Waals surface area contributed by atoms with E-state index >= 15 is 0 Å². The number of hydrogen-bond donors (Lipinski definition) is 0. The van der Waals surface area contributed by atoms with Crippen LogP contribution in [0.1, 0.15) is 38.2 Å². The van der Waals surface area contributed by atoms with Gasteiger partial charge in [0, 0.05) is 18.8 Å². The van der Waals surface area contributed by atoms with Gasteiger partial charge in [-0.15, -0.1) is 0 Å². The van der Waals surface area contributed by atoms with Crippen LogP contribution >= 0.6 is 0 Å². The van der Waals surface area contributed by atoms with Crippen LogP contribution in [-0.4, -0.2) is 25.3 Å². The molecule has 1 saturated heterocycles. The van der Waals surface area contributed by atoms with Crippen molar-refractivity contribution in [3.05, 3.63) is 29.8 Å². The zero-order valence-electron chi connectivity index (χ0n) is 10.7. The maximum absolute atomic E-state index is 5.81. The standard InChI is InChI=1S/C15H21NO/c1-11-9-16(10-12(2)17-11)15-6-4-3-5-14(15)13-7-8-13/h3-6,11-13H,7-10H2,1-2H3. The first-order chi connectivity index (χ1) is 8.24. The molecule has 2 fully saturated rings. The Morgan fingerprint density at radius 1 is 1.06 bits per heavy atom. The van der Waals surface area contributed by atoms with Gasteiger partial charge in [0.05, 0.1) is 12.2 Å². The van der Waals surface area contributed by atoms with E-state index in [4.69, 9.17) is 4.74 Å². The second-order valence-corrected chi connectivity index (χ2v) is 5.50. The van der Waals surface area contributed by atoms with E-state index in [0.29, 0.717) is 12.2 Å². The van der Waals surface area contributed by atoms with Crippen LogP contribution in [0.3, 0.4) is 0 Å². The van der Waals surface area contributed by atoms with Gasteiger partial charge in [-0.1, -0.05) is 18.2 Å². The number of hydrogen-bond acceptors (Lipinski definition) is 2. The lowest BCUT2D eigenvalue weighted by atomic mass is 10.1. The maximum Gasteiger partial charge on any atom is 0.0726 e. The highest BCUT2D eigenvalue weighted by molar-refractivity contribution is 5.56. The number of anilines is 1. The molecule has 17 heavy (non-hydrogen) atoms. The molecular formula is C15H21NO. The molecule has 3 rings (SSSR count). The van der Waals surface area contributed by atoms with E-state index in [0.717, 1.165) is 19.0 Å². The van der Waals surface area contributed by atoms with Gasteiger partial charge in [0.15, 0.2) is 0 Å². The molecule has 0 N–H and O–H groups in total. The number of ether oxygens (including phenoxy) is 1. The summed E-state index contributed by atoms with van der Waals surface area (Å²) in [5, 5.41) is 0. The van der Waals surface area contributed by atoms with E-state index in [1.165, 1.54) is 18.5 Å². The molecule has 1 aliphatic carbocycles. The highest BCUT2D eigenvalue weighted by Gasteiger charge is 2.29. The first-order valence-electron chi connectivity index (χ1n) is 6.73. The second-order valence-electron chi connectivity index (χ2n) is 5.50. The van der Waals surface area contributed by atoms with Crippen molar-refractivity contribution in [3.8, 4) is 0 Å². The molecule has 2 unspecified atom stereocenters. The maximum atomic E-state index is 5.81. The van der Waals surface area contributed by atoms with E-state index in [-0.39, 0.29) is 0 Å². The van der Waals surface area contributed by atoms with Gasteiger partial charge in [0.2, 0.25) is 0 Å². The fourth-order valence-electron chi connectivity index (χ4n) is 2.89. The summed E-state index contributed by atoms with van der Waals surface area (Å²) >= 11 is 0. The summed E-state index contributed by atoms with van der Waals surface area (Å²) in [4.78, 5) is 2.51. The number of rotatable bonds is 2. The first-order valence-corrected chi connectivity index (χ1v) is 6.73. The van der Waals surface area contributed by atoms with Crippen molar-refractivity contribution in [1.29, 1.82) is 0 Å². The number of morpholine rings is 1. The molecule has 0 radical (unpaired) electrons. The summed E-state index contributed by atoms with van der Waals surface area (Å²) < 4.78 is 5.81. The minimum atomic E-state index is 0.339. The smallest absolute Gasteiger partial charge is 0.0726 e. The summed E-state index contributed by atoms with van der Waals surface area (Å²) in [5.41, 5.74) is 2.99. The third-order valence-corrected chi connectivity index (χ3v) is 3.71. The SMILES string of the molecule is CC1CN(c2ccccc2C2CC2)CC(C)O1. The van der Waals surface area contributed by atoms with Crippen molar-refractivity contribution in [3.63, 3.8) is 0 Å². The van der Waals surface area contributed by atoms with Crippen molar-refractivity contribution >= 4 is 5.69 Å². The van der Waals surface area contributed by atoms with E-state index in [2.05, 4.69) is 43.0 Å². The lowest BCUT2D eigenvalue weighted by Crippen LogP contribution is -2.45. The molecule has 1 aliphatic heterocycles. The Morgan fingerprint density at radius 3 is 2.35 bits per heavy atom. The molecule has 0 spiro atoms. The molecule has 1 heterocycles. The third-order valence-electron chi connectivity index (χ3n) is 3.71. The van der Waals surface area contributed by atoms with Crippen molar-refractivity contribution in [2.45, 2.75) is 44.8 Å². The molecule has 2 heteroatoms. The lowest BCUT2D eigenvalue weighted by Gasteiger charge is -2.37. The minimum absolute atomic E-state index is 0.339. The summed E-state index contributed by atoms with van der Waals surface area (Å²) in [5.74, 6) is 0.819. The average Bonchev–Trinajstić information content (AvgIpc) is 3.11. The van der Waals surface area contributed by atoms with Crippen LogP contribution in [0.4, 0.5) is 5.69 Å². The minimum Gasteiger partial charge on any atom is -0.372 e. The fraction of sp³-hybridized carbons (Fsp3) is 0.600. The van der Waals surface area contributed by atoms with Crippen LogP contribution < -0.4 is 4.90 Å². The molecule has 1 aromatic rings. The van der Waals surface area contributed by atoms with Gasteiger partial charge in [-0.2, -0.15) is 0 Å². The highest BCUT2D eigenvalue weighted by Crippen LogP contribution is 2.44. The predicted octanol–water partition coefficient (Wildman–Crippen LogP) is 3.18. The predicted molar refractivity (Wildman–Crippen MR) is 70.6 cm³/mol. The van der Waals surface area contributed by atoms with Crippen LogP contribution in [0.2, 0.25) is 0 Å². The Morgan fingerprint density at radius 2 is 1.71 bits per heavy atom. The molecule has 92 valence electrons. The largest absolute Gasteiger partial charge is 0.372 e. The van der Waals surface area contributed by atoms with Gasteiger partial charge in [0.25, 0.3) is 0 Å². The number of nitrogens with zero attached hydrogens (tertiary/aromatic N) is 1. The molecule has 2 atom stereocenters. The summed E-state index contributed by atoms with van der Waals surface area (Å²) in [6.07, 6.45) is 3.41. The Bertz CT molecular complexity index is 390. The van der Waals surface area contributed by atoms with Gasteiger partial charge in [-0.3, -0.25) is 0 Å². The van der Waals surface area contributed by atoms with Gasteiger partial charge >= 0.3 is 0 Å². The monoisotopic (exact) mass is 231 g/mol. The van der Waals surface area contributed by atoms with E-state index < -0.39 is 0 Å². The van der Waals surface area contributed by atoms with E-state index in [9.17, 15) is 0 Å². The van der Waals surface area contributed by atoms with Crippen LogP contribution in [0.5, 0.6) is 0 Å². The normalized spacial score (nSPS) is 29.4. The molecule has 1 aromatic carbocycles. The quantitative estimate of drug-likeness (QED) is 0.775. The molecule has 2 nitrogen and oxygen atoms in total. The Balaban J connectivity index is 1.87. The van der Waals surface area contributed by atoms with Crippen LogP contribution in [0.25, 0.3) is 0 Å². The van der Waals surface area contributed by atoms with Crippen molar-refractivity contribution in [2.75, 3.05) is 18.0 Å². The van der Waals surface area contributed by atoms with Gasteiger partial charge in [-0.25, -0.2) is 0 Å². The first kappa shape index (κ1) is 11.1. The Kier molecular flexibility index (Phi) is 2.83.